The minimum Gasteiger partial charge on any atom is -0.336 e. The lowest BCUT2D eigenvalue weighted by atomic mass is 10.2. The van der Waals surface area contributed by atoms with E-state index in [1.165, 1.54) is 16.7 Å². The molecule has 4 rings (SSSR count). The average Bonchev–Trinajstić information content (AvgIpc) is 3.21. The summed E-state index contributed by atoms with van der Waals surface area (Å²) < 4.78 is 2.09. The van der Waals surface area contributed by atoms with E-state index in [1.54, 1.807) is 6.92 Å². The molecule has 3 heterocycles. The third-order valence-electron chi connectivity index (χ3n) is 4.42. The molecular formula is C17H18N6O2S. The molecule has 9 heteroatoms. The first kappa shape index (κ1) is 16.8. The number of hydrogen-bond acceptors (Lipinski definition) is 6. The molecule has 1 atom stereocenters. The highest BCUT2D eigenvalue weighted by Crippen LogP contribution is 2.28. The van der Waals surface area contributed by atoms with E-state index in [0.29, 0.717) is 18.2 Å². The van der Waals surface area contributed by atoms with Gasteiger partial charge in [-0.15, -0.1) is 10.2 Å². The zero-order valence-corrected chi connectivity index (χ0v) is 15.3. The number of fused-ring (bicyclic) bond motifs is 3. The van der Waals surface area contributed by atoms with E-state index in [1.807, 2.05) is 24.3 Å². The van der Waals surface area contributed by atoms with Crippen molar-refractivity contribution in [3.05, 3.63) is 24.3 Å². The predicted molar refractivity (Wildman–Crippen MR) is 98.9 cm³/mol. The van der Waals surface area contributed by atoms with Gasteiger partial charge in [0, 0.05) is 25.0 Å². The topological polar surface area (TPSA) is 93.0 Å². The molecule has 1 aliphatic rings. The number of aryl methyl sites for hydroxylation is 1. The van der Waals surface area contributed by atoms with Crippen LogP contribution in [0.15, 0.2) is 29.4 Å². The van der Waals surface area contributed by atoms with Crippen LogP contribution in [0.25, 0.3) is 22.1 Å². The van der Waals surface area contributed by atoms with E-state index in [4.69, 9.17) is 0 Å². The number of nitrogens with zero attached hydrogens (tertiary/aromatic N) is 5. The number of aromatic nitrogens is 4. The molecule has 1 unspecified atom stereocenters. The number of benzene rings is 1. The molecule has 26 heavy (non-hydrogen) atoms. The Morgan fingerprint density at radius 3 is 2.88 bits per heavy atom. The van der Waals surface area contributed by atoms with Crippen LogP contribution >= 0.6 is 11.8 Å². The minimum absolute atomic E-state index is 0.246. The summed E-state index contributed by atoms with van der Waals surface area (Å²) >= 11 is 1.22. The van der Waals surface area contributed by atoms with Gasteiger partial charge in [0.25, 0.3) is 0 Å². The Bertz CT molecular complexity index is 1020. The molecule has 8 nitrogen and oxygen atoms in total. The minimum atomic E-state index is -0.474. The lowest BCUT2D eigenvalue weighted by Crippen LogP contribution is -2.39. The Balaban J connectivity index is 1.66. The zero-order valence-electron chi connectivity index (χ0n) is 14.5. The van der Waals surface area contributed by atoms with Gasteiger partial charge in [-0.1, -0.05) is 30.0 Å². The molecule has 1 aliphatic heterocycles. The molecule has 1 N–H and O–H groups in total. The second-order valence-electron chi connectivity index (χ2n) is 6.01. The summed E-state index contributed by atoms with van der Waals surface area (Å²) in [7, 11) is 0. The Labute approximate surface area is 154 Å². The first-order valence-electron chi connectivity index (χ1n) is 8.47. The normalized spacial score (nSPS) is 15.6. The number of imide groups is 1. The highest BCUT2D eigenvalue weighted by molar-refractivity contribution is 8.00. The van der Waals surface area contributed by atoms with Gasteiger partial charge in [-0.2, -0.15) is 0 Å². The molecular weight excluding hydrogens is 352 g/mol. The summed E-state index contributed by atoms with van der Waals surface area (Å²) in [5.74, 6) is -0.246. The maximum Gasteiger partial charge on any atom is 0.324 e. The van der Waals surface area contributed by atoms with Crippen molar-refractivity contribution in [2.75, 3.05) is 13.1 Å². The van der Waals surface area contributed by atoms with Gasteiger partial charge in [0.05, 0.1) is 10.8 Å². The maximum atomic E-state index is 12.5. The zero-order chi connectivity index (χ0) is 18.3. The van der Waals surface area contributed by atoms with Crippen LogP contribution < -0.4 is 5.32 Å². The van der Waals surface area contributed by atoms with Crippen molar-refractivity contribution in [3.8, 4) is 0 Å². The van der Waals surface area contributed by atoms with E-state index in [2.05, 4.69) is 32.0 Å². The van der Waals surface area contributed by atoms with Crippen LogP contribution in [0, 0.1) is 0 Å². The van der Waals surface area contributed by atoms with E-state index in [9.17, 15) is 9.59 Å². The maximum absolute atomic E-state index is 12.5. The number of nitrogens with one attached hydrogen (secondary N) is 1. The van der Waals surface area contributed by atoms with Gasteiger partial charge < -0.3 is 9.88 Å². The number of para-hydroxylation sites is 1. The first-order valence-corrected chi connectivity index (χ1v) is 9.35. The fraction of sp³-hybridized carbons (Fsp3) is 0.353. The van der Waals surface area contributed by atoms with Crippen LogP contribution in [0.3, 0.4) is 0 Å². The third-order valence-corrected chi connectivity index (χ3v) is 5.36. The van der Waals surface area contributed by atoms with Crippen molar-refractivity contribution in [2.24, 2.45) is 0 Å². The monoisotopic (exact) mass is 370 g/mol. The quantitative estimate of drug-likeness (QED) is 0.707. The van der Waals surface area contributed by atoms with Crippen molar-refractivity contribution in [1.29, 1.82) is 0 Å². The van der Waals surface area contributed by atoms with Gasteiger partial charge in [0.2, 0.25) is 11.1 Å². The smallest absolute Gasteiger partial charge is 0.324 e. The fourth-order valence-electron chi connectivity index (χ4n) is 3.17. The van der Waals surface area contributed by atoms with Crippen molar-refractivity contribution in [3.63, 3.8) is 0 Å². The van der Waals surface area contributed by atoms with Crippen LogP contribution in [-0.4, -0.2) is 54.9 Å². The molecule has 0 saturated carbocycles. The highest BCUT2D eigenvalue weighted by Gasteiger charge is 2.30. The van der Waals surface area contributed by atoms with Crippen molar-refractivity contribution in [1.82, 2.24) is 30.0 Å². The number of thioether (sulfide) groups is 1. The second kappa shape index (κ2) is 6.56. The lowest BCUT2D eigenvalue weighted by Gasteiger charge is -2.16. The van der Waals surface area contributed by atoms with E-state index in [0.717, 1.165) is 28.6 Å². The molecule has 0 bridgehead atoms. The van der Waals surface area contributed by atoms with E-state index in [-0.39, 0.29) is 11.9 Å². The molecule has 1 aromatic carbocycles. The molecule has 3 aromatic rings. The first-order chi connectivity index (χ1) is 12.6. The van der Waals surface area contributed by atoms with Crippen LogP contribution in [0.5, 0.6) is 0 Å². The van der Waals surface area contributed by atoms with Gasteiger partial charge >= 0.3 is 6.03 Å². The third kappa shape index (κ3) is 2.68. The number of hydrogen-bond donors (Lipinski definition) is 1. The van der Waals surface area contributed by atoms with E-state index >= 15 is 0 Å². The molecule has 0 spiro atoms. The summed E-state index contributed by atoms with van der Waals surface area (Å²) in [5.41, 5.74) is 2.57. The number of amides is 3. The Morgan fingerprint density at radius 1 is 1.35 bits per heavy atom. The van der Waals surface area contributed by atoms with Crippen LogP contribution in [0.2, 0.25) is 0 Å². The van der Waals surface area contributed by atoms with E-state index < -0.39 is 5.25 Å². The number of rotatable bonds is 4. The van der Waals surface area contributed by atoms with Crippen molar-refractivity contribution in [2.45, 2.75) is 30.8 Å². The molecule has 3 amide bonds. The van der Waals surface area contributed by atoms with Crippen molar-refractivity contribution < 1.29 is 9.59 Å². The molecule has 0 radical (unpaired) electrons. The summed E-state index contributed by atoms with van der Waals surface area (Å²) in [5, 5.41) is 12.1. The summed E-state index contributed by atoms with van der Waals surface area (Å²) in [6, 6.07) is 7.65. The van der Waals surface area contributed by atoms with Crippen LogP contribution in [-0.2, 0) is 11.3 Å². The Hall–Kier alpha value is -2.68. The number of carbonyl (C=O) groups is 2. The fourth-order valence-corrected chi connectivity index (χ4v) is 3.94. The molecule has 1 fully saturated rings. The van der Waals surface area contributed by atoms with Crippen LogP contribution in [0.4, 0.5) is 4.79 Å². The van der Waals surface area contributed by atoms with Gasteiger partial charge in [-0.3, -0.25) is 9.69 Å². The Morgan fingerprint density at radius 2 is 2.15 bits per heavy atom. The van der Waals surface area contributed by atoms with Crippen molar-refractivity contribution >= 4 is 45.8 Å². The number of urea groups is 1. The summed E-state index contributed by atoms with van der Waals surface area (Å²) in [4.78, 5) is 30.0. The van der Waals surface area contributed by atoms with Gasteiger partial charge in [-0.25, -0.2) is 9.78 Å². The lowest BCUT2D eigenvalue weighted by molar-refractivity contribution is -0.126. The molecule has 2 aromatic heterocycles. The average molecular weight is 370 g/mol. The van der Waals surface area contributed by atoms with Crippen LogP contribution in [0.1, 0.15) is 13.8 Å². The van der Waals surface area contributed by atoms with Gasteiger partial charge in [-0.05, 0) is 19.9 Å². The molecule has 134 valence electrons. The molecule has 0 aliphatic carbocycles. The largest absolute Gasteiger partial charge is 0.336 e. The summed E-state index contributed by atoms with van der Waals surface area (Å²) in [6.45, 7) is 5.45. The highest BCUT2D eigenvalue weighted by atomic mass is 32.2. The Kier molecular flexibility index (Phi) is 4.23. The SMILES string of the molecule is CCn1c2ccccc2c2nnc(SC(C)C(=O)N3CCNC3=O)nc21. The standard InChI is InChI=1S/C17H18N6O2S/c1-3-22-12-7-5-4-6-11(12)13-14(22)19-16(21-20-13)26-10(2)15(24)23-9-8-18-17(23)25/h4-7,10H,3,8-9H2,1-2H3,(H,18,25). The predicted octanol–water partition coefficient (Wildman–Crippen LogP) is 2.03. The second-order valence-corrected chi connectivity index (χ2v) is 7.32. The summed E-state index contributed by atoms with van der Waals surface area (Å²) in [6.07, 6.45) is 0. The van der Waals surface area contributed by atoms with Gasteiger partial charge in [0.15, 0.2) is 5.65 Å². The number of carbonyl (C=O) groups excluding carboxylic acids is 2. The van der Waals surface area contributed by atoms with Gasteiger partial charge in [0.1, 0.15) is 5.52 Å². The molecule has 1 saturated heterocycles.